The minimum Gasteiger partial charge on any atom is -0.343 e. The Labute approximate surface area is 137 Å². The number of rotatable bonds is 3. The lowest BCUT2D eigenvalue weighted by molar-refractivity contribution is -0.132. The van der Waals surface area contributed by atoms with Crippen molar-refractivity contribution in [2.24, 2.45) is 5.73 Å². The number of piperidine rings is 1. The monoisotopic (exact) mass is 315 g/mol. The molecule has 1 aliphatic heterocycles. The first-order valence-corrected chi connectivity index (χ1v) is 8.56. The van der Waals surface area contributed by atoms with Gasteiger partial charge in [-0.1, -0.05) is 37.5 Å². The molecule has 0 spiro atoms. The first-order valence-electron chi connectivity index (χ1n) is 8.56. The largest absolute Gasteiger partial charge is 0.343 e. The number of benzene rings is 1. The summed E-state index contributed by atoms with van der Waals surface area (Å²) >= 11 is 0. The van der Waals surface area contributed by atoms with E-state index >= 15 is 0 Å². The maximum atomic E-state index is 12.7. The predicted molar refractivity (Wildman–Crippen MR) is 90.0 cm³/mol. The van der Waals surface area contributed by atoms with Gasteiger partial charge in [-0.15, -0.1) is 0 Å². The van der Waals surface area contributed by atoms with Gasteiger partial charge in [-0.2, -0.15) is 0 Å². The normalized spacial score (nSPS) is 24.3. The third-order valence-electron chi connectivity index (χ3n) is 5.01. The minimum absolute atomic E-state index is 0.0322. The second-order valence-corrected chi connectivity index (χ2v) is 6.71. The van der Waals surface area contributed by atoms with Gasteiger partial charge in [0.2, 0.25) is 11.8 Å². The Morgan fingerprint density at radius 3 is 2.52 bits per heavy atom. The molecule has 5 heteroatoms. The van der Waals surface area contributed by atoms with E-state index in [4.69, 9.17) is 5.73 Å². The molecule has 1 saturated heterocycles. The Bertz CT molecular complexity index is 567. The van der Waals surface area contributed by atoms with Crippen molar-refractivity contribution in [3.63, 3.8) is 0 Å². The van der Waals surface area contributed by atoms with Gasteiger partial charge in [-0.3, -0.25) is 9.59 Å². The number of nitrogens with one attached hydrogen (secondary N) is 1. The molecule has 0 bridgehead atoms. The van der Waals surface area contributed by atoms with E-state index in [1.807, 2.05) is 30.3 Å². The summed E-state index contributed by atoms with van der Waals surface area (Å²) in [7, 11) is 0. The number of nitrogens with zero attached hydrogens (tertiary/aromatic N) is 1. The molecule has 1 aromatic rings. The highest BCUT2D eigenvalue weighted by Gasteiger charge is 2.39. The zero-order valence-corrected chi connectivity index (χ0v) is 13.5. The topological polar surface area (TPSA) is 75.4 Å². The number of carbonyl (C=O) groups is 2. The van der Waals surface area contributed by atoms with E-state index in [1.54, 1.807) is 4.90 Å². The van der Waals surface area contributed by atoms with Crippen molar-refractivity contribution in [2.45, 2.75) is 56.5 Å². The number of anilines is 1. The fraction of sp³-hybridized carbons (Fsp3) is 0.556. The van der Waals surface area contributed by atoms with E-state index in [9.17, 15) is 9.59 Å². The van der Waals surface area contributed by atoms with Crippen molar-refractivity contribution in [3.05, 3.63) is 30.3 Å². The number of nitrogens with two attached hydrogens (primary N) is 1. The van der Waals surface area contributed by atoms with E-state index in [2.05, 4.69) is 5.32 Å². The first kappa shape index (κ1) is 16.0. The lowest BCUT2D eigenvalue weighted by atomic mass is 9.81. The van der Waals surface area contributed by atoms with Crippen LogP contribution in [0.2, 0.25) is 0 Å². The SMILES string of the molecule is NC1(C(=O)NC2CCCN(c3ccccc3)C2=O)CCCCC1. The molecule has 3 rings (SSSR count). The summed E-state index contributed by atoms with van der Waals surface area (Å²) in [5.41, 5.74) is 6.36. The zero-order chi connectivity index (χ0) is 16.3. The highest BCUT2D eigenvalue weighted by molar-refractivity contribution is 6.00. The molecule has 1 saturated carbocycles. The van der Waals surface area contributed by atoms with Crippen molar-refractivity contribution in [3.8, 4) is 0 Å². The Kier molecular flexibility index (Phi) is 4.66. The summed E-state index contributed by atoms with van der Waals surface area (Å²) in [4.78, 5) is 27.1. The van der Waals surface area contributed by atoms with E-state index in [0.717, 1.165) is 31.4 Å². The molecule has 2 fully saturated rings. The van der Waals surface area contributed by atoms with Crippen LogP contribution in [-0.2, 0) is 9.59 Å². The van der Waals surface area contributed by atoms with E-state index in [1.165, 1.54) is 0 Å². The standard InChI is InChI=1S/C18H25N3O2/c19-18(11-5-2-6-12-18)17(23)20-15-10-7-13-21(16(15)22)14-8-3-1-4-9-14/h1,3-4,8-9,15H,2,5-7,10-13,19H2,(H,20,23). The molecule has 23 heavy (non-hydrogen) atoms. The van der Waals surface area contributed by atoms with Gasteiger partial charge in [0.1, 0.15) is 6.04 Å². The smallest absolute Gasteiger partial charge is 0.249 e. The Morgan fingerprint density at radius 1 is 1.13 bits per heavy atom. The van der Waals surface area contributed by atoms with Crippen LogP contribution < -0.4 is 16.0 Å². The Morgan fingerprint density at radius 2 is 1.83 bits per heavy atom. The summed E-state index contributed by atoms with van der Waals surface area (Å²) in [5.74, 6) is -0.194. The van der Waals surface area contributed by atoms with Gasteiger partial charge in [-0.05, 0) is 37.8 Å². The molecule has 5 nitrogen and oxygen atoms in total. The molecule has 2 amide bonds. The second-order valence-electron chi connectivity index (χ2n) is 6.71. The Balaban J connectivity index is 1.68. The fourth-order valence-corrected chi connectivity index (χ4v) is 3.59. The molecular formula is C18H25N3O2. The molecule has 1 atom stereocenters. The van der Waals surface area contributed by atoms with E-state index in [-0.39, 0.29) is 11.8 Å². The van der Waals surface area contributed by atoms with Crippen LogP contribution in [0.4, 0.5) is 5.69 Å². The summed E-state index contributed by atoms with van der Waals surface area (Å²) in [6, 6.07) is 9.15. The molecule has 2 aliphatic rings. The van der Waals surface area contributed by atoms with Crippen molar-refractivity contribution in [1.29, 1.82) is 0 Å². The van der Waals surface area contributed by atoms with Gasteiger partial charge >= 0.3 is 0 Å². The molecule has 0 aromatic heterocycles. The third-order valence-corrected chi connectivity index (χ3v) is 5.01. The molecular weight excluding hydrogens is 290 g/mol. The van der Waals surface area contributed by atoms with Crippen LogP contribution >= 0.6 is 0 Å². The molecule has 124 valence electrons. The molecule has 1 unspecified atom stereocenters. The molecule has 1 aliphatic carbocycles. The lowest BCUT2D eigenvalue weighted by Crippen LogP contribution is -2.61. The van der Waals surface area contributed by atoms with Gasteiger partial charge < -0.3 is 16.0 Å². The summed E-state index contributed by atoms with van der Waals surface area (Å²) in [5, 5.41) is 2.92. The van der Waals surface area contributed by atoms with Crippen LogP contribution in [-0.4, -0.2) is 29.9 Å². The third kappa shape index (κ3) is 3.39. The lowest BCUT2D eigenvalue weighted by Gasteiger charge is -2.36. The highest BCUT2D eigenvalue weighted by atomic mass is 16.2. The molecule has 1 heterocycles. The molecule has 3 N–H and O–H groups in total. The van der Waals surface area contributed by atoms with Gasteiger partial charge in [0, 0.05) is 12.2 Å². The predicted octanol–water partition coefficient (Wildman–Crippen LogP) is 1.96. The van der Waals surface area contributed by atoms with Crippen LogP contribution in [0.1, 0.15) is 44.9 Å². The summed E-state index contributed by atoms with van der Waals surface area (Å²) in [6.45, 7) is 0.697. The van der Waals surface area contributed by atoms with Crippen LogP contribution in [0.15, 0.2) is 30.3 Å². The van der Waals surface area contributed by atoms with Crippen LogP contribution in [0.25, 0.3) is 0 Å². The van der Waals surface area contributed by atoms with Crippen molar-refractivity contribution < 1.29 is 9.59 Å². The van der Waals surface area contributed by atoms with E-state index < -0.39 is 11.6 Å². The van der Waals surface area contributed by atoms with Gasteiger partial charge in [0.05, 0.1) is 5.54 Å². The number of carbonyl (C=O) groups excluding carboxylic acids is 2. The maximum Gasteiger partial charge on any atom is 0.249 e. The maximum absolute atomic E-state index is 12.7. The average molecular weight is 315 g/mol. The van der Waals surface area contributed by atoms with Gasteiger partial charge in [0.25, 0.3) is 0 Å². The fourth-order valence-electron chi connectivity index (χ4n) is 3.59. The summed E-state index contributed by atoms with van der Waals surface area (Å²) in [6.07, 6.45) is 6.09. The number of hydrogen-bond acceptors (Lipinski definition) is 3. The van der Waals surface area contributed by atoms with Gasteiger partial charge in [-0.25, -0.2) is 0 Å². The Hall–Kier alpha value is -1.88. The number of amides is 2. The minimum atomic E-state index is -0.798. The van der Waals surface area contributed by atoms with Crippen molar-refractivity contribution >= 4 is 17.5 Å². The number of hydrogen-bond donors (Lipinski definition) is 2. The second kappa shape index (κ2) is 6.71. The molecule has 0 radical (unpaired) electrons. The molecule has 1 aromatic carbocycles. The first-order chi connectivity index (χ1) is 11.1. The van der Waals surface area contributed by atoms with Crippen LogP contribution in [0.5, 0.6) is 0 Å². The quantitative estimate of drug-likeness (QED) is 0.895. The average Bonchev–Trinajstić information content (AvgIpc) is 2.58. The van der Waals surface area contributed by atoms with Crippen molar-refractivity contribution in [2.75, 3.05) is 11.4 Å². The van der Waals surface area contributed by atoms with Gasteiger partial charge in [0.15, 0.2) is 0 Å². The number of para-hydroxylation sites is 1. The van der Waals surface area contributed by atoms with E-state index in [0.29, 0.717) is 25.8 Å². The van der Waals surface area contributed by atoms with Crippen molar-refractivity contribution in [1.82, 2.24) is 5.32 Å². The zero-order valence-electron chi connectivity index (χ0n) is 13.5. The van der Waals surface area contributed by atoms with Crippen LogP contribution in [0.3, 0.4) is 0 Å². The highest BCUT2D eigenvalue weighted by Crippen LogP contribution is 2.27. The van der Waals surface area contributed by atoms with Crippen LogP contribution in [0, 0.1) is 0 Å². The summed E-state index contributed by atoms with van der Waals surface area (Å²) < 4.78 is 0.